The highest BCUT2D eigenvalue weighted by Crippen LogP contribution is 2.33. The first-order valence-corrected chi connectivity index (χ1v) is 7.87. The van der Waals surface area contributed by atoms with E-state index in [0.29, 0.717) is 0 Å². The van der Waals surface area contributed by atoms with Crippen LogP contribution < -0.4 is 5.32 Å². The number of rotatable bonds is 5. The van der Waals surface area contributed by atoms with E-state index in [0.717, 1.165) is 13.0 Å². The number of pyridine rings is 1. The lowest BCUT2D eigenvalue weighted by Crippen LogP contribution is -2.22. The monoisotopic (exact) mass is 282 g/mol. The maximum atomic E-state index is 4.13. The Labute approximate surface area is 123 Å². The molecule has 2 heterocycles. The number of nitrogens with one attached hydrogen (secondary N) is 1. The molecule has 3 rings (SSSR count). The molecule has 0 fully saturated rings. The molecule has 20 heavy (non-hydrogen) atoms. The van der Waals surface area contributed by atoms with Crippen molar-refractivity contribution < 1.29 is 0 Å². The third-order valence-electron chi connectivity index (χ3n) is 3.46. The van der Waals surface area contributed by atoms with E-state index < -0.39 is 0 Å². The fourth-order valence-electron chi connectivity index (χ4n) is 2.47. The molecule has 1 atom stereocenters. The third-order valence-corrected chi connectivity index (χ3v) is 4.44. The first-order chi connectivity index (χ1) is 9.90. The largest absolute Gasteiger partial charge is 0.306 e. The summed E-state index contributed by atoms with van der Waals surface area (Å²) in [5.41, 5.74) is 2.64. The summed E-state index contributed by atoms with van der Waals surface area (Å²) in [5, 5.41) is 7.29. The van der Waals surface area contributed by atoms with Crippen molar-refractivity contribution in [2.45, 2.75) is 19.4 Å². The van der Waals surface area contributed by atoms with E-state index >= 15 is 0 Å². The maximum absolute atomic E-state index is 4.13. The summed E-state index contributed by atoms with van der Waals surface area (Å²) >= 11 is 1.81. The van der Waals surface area contributed by atoms with Crippen molar-refractivity contribution in [2.24, 2.45) is 0 Å². The van der Waals surface area contributed by atoms with Crippen molar-refractivity contribution in [1.29, 1.82) is 0 Å². The lowest BCUT2D eigenvalue weighted by molar-refractivity contribution is 0.602. The number of thiophene rings is 1. The summed E-state index contributed by atoms with van der Waals surface area (Å²) in [6.45, 7) is 3.21. The summed E-state index contributed by atoms with van der Waals surface area (Å²) < 4.78 is 1.35. The Hall–Kier alpha value is -1.71. The van der Waals surface area contributed by atoms with E-state index in [4.69, 9.17) is 0 Å². The van der Waals surface area contributed by atoms with Crippen LogP contribution in [0.2, 0.25) is 0 Å². The molecule has 0 saturated heterocycles. The number of nitrogens with zero attached hydrogens (tertiary/aromatic N) is 1. The van der Waals surface area contributed by atoms with E-state index in [1.54, 1.807) is 0 Å². The van der Waals surface area contributed by atoms with E-state index in [9.17, 15) is 0 Å². The number of hydrogen-bond acceptors (Lipinski definition) is 3. The standard InChI is InChI=1S/C17H18N2S/c1-2-9-19-17(13-7-10-18-11-8-13)15-12-20-16-6-4-3-5-14(15)16/h3-8,10-12,17,19H,2,9H2,1H3. The van der Waals surface area contributed by atoms with Crippen molar-refractivity contribution in [1.82, 2.24) is 10.3 Å². The van der Waals surface area contributed by atoms with Gasteiger partial charge in [-0.05, 0) is 53.1 Å². The second kappa shape index (κ2) is 6.16. The molecule has 0 spiro atoms. The van der Waals surface area contributed by atoms with Crippen LogP contribution in [0.1, 0.15) is 30.5 Å². The zero-order valence-electron chi connectivity index (χ0n) is 11.5. The van der Waals surface area contributed by atoms with Crippen LogP contribution in [-0.2, 0) is 0 Å². The average molecular weight is 282 g/mol. The Morgan fingerprint density at radius 2 is 1.95 bits per heavy atom. The van der Waals surface area contributed by atoms with Crippen LogP contribution in [0.4, 0.5) is 0 Å². The molecule has 2 nitrogen and oxygen atoms in total. The number of hydrogen-bond donors (Lipinski definition) is 1. The fourth-order valence-corrected chi connectivity index (χ4v) is 3.46. The van der Waals surface area contributed by atoms with Crippen LogP contribution in [0.3, 0.4) is 0 Å². The van der Waals surface area contributed by atoms with Gasteiger partial charge < -0.3 is 5.32 Å². The van der Waals surface area contributed by atoms with Gasteiger partial charge in [-0.3, -0.25) is 4.98 Å². The molecule has 0 bridgehead atoms. The highest BCUT2D eigenvalue weighted by atomic mass is 32.1. The highest BCUT2D eigenvalue weighted by molar-refractivity contribution is 7.17. The Kier molecular flexibility index (Phi) is 4.09. The van der Waals surface area contributed by atoms with E-state index in [-0.39, 0.29) is 6.04 Å². The summed E-state index contributed by atoms with van der Waals surface area (Å²) in [4.78, 5) is 4.13. The second-order valence-electron chi connectivity index (χ2n) is 4.85. The SMILES string of the molecule is CCCNC(c1ccncc1)c1csc2ccccc12. The minimum Gasteiger partial charge on any atom is -0.306 e. The maximum Gasteiger partial charge on any atom is 0.0592 e. The first kappa shape index (κ1) is 13.3. The van der Waals surface area contributed by atoms with Crippen LogP contribution in [0.5, 0.6) is 0 Å². The molecular formula is C17H18N2S. The van der Waals surface area contributed by atoms with E-state index in [1.165, 1.54) is 21.2 Å². The van der Waals surface area contributed by atoms with Crippen molar-refractivity contribution in [2.75, 3.05) is 6.54 Å². The van der Waals surface area contributed by atoms with Crippen LogP contribution in [0.25, 0.3) is 10.1 Å². The average Bonchev–Trinajstić information content (AvgIpc) is 2.93. The number of fused-ring (bicyclic) bond motifs is 1. The third kappa shape index (κ3) is 2.60. The highest BCUT2D eigenvalue weighted by Gasteiger charge is 2.16. The topological polar surface area (TPSA) is 24.9 Å². The molecule has 0 saturated carbocycles. The predicted molar refractivity (Wildman–Crippen MR) is 86.2 cm³/mol. The lowest BCUT2D eigenvalue weighted by Gasteiger charge is -2.18. The van der Waals surface area contributed by atoms with Gasteiger partial charge in [0, 0.05) is 17.1 Å². The molecule has 1 unspecified atom stereocenters. The second-order valence-corrected chi connectivity index (χ2v) is 5.77. The van der Waals surface area contributed by atoms with Crippen molar-refractivity contribution >= 4 is 21.4 Å². The lowest BCUT2D eigenvalue weighted by atomic mass is 9.99. The zero-order valence-corrected chi connectivity index (χ0v) is 12.4. The van der Waals surface area contributed by atoms with Crippen LogP contribution in [0, 0.1) is 0 Å². The molecule has 2 aromatic heterocycles. The van der Waals surface area contributed by atoms with Gasteiger partial charge in [-0.2, -0.15) is 0 Å². The van der Waals surface area contributed by atoms with E-state index in [2.05, 4.69) is 59.0 Å². The Bertz CT molecular complexity index is 676. The van der Waals surface area contributed by atoms with Gasteiger partial charge in [0.15, 0.2) is 0 Å². The summed E-state index contributed by atoms with van der Waals surface area (Å²) in [6.07, 6.45) is 4.86. The quantitative estimate of drug-likeness (QED) is 0.751. The smallest absolute Gasteiger partial charge is 0.0592 e. The zero-order chi connectivity index (χ0) is 13.8. The van der Waals surface area contributed by atoms with Crippen LogP contribution in [-0.4, -0.2) is 11.5 Å². The van der Waals surface area contributed by atoms with Gasteiger partial charge in [-0.15, -0.1) is 11.3 Å². The van der Waals surface area contributed by atoms with Gasteiger partial charge in [-0.25, -0.2) is 0 Å². The molecule has 0 radical (unpaired) electrons. The molecule has 102 valence electrons. The molecule has 1 aromatic carbocycles. The fraction of sp³-hybridized carbons (Fsp3) is 0.235. The van der Waals surface area contributed by atoms with Gasteiger partial charge in [0.05, 0.1) is 6.04 Å². The Morgan fingerprint density at radius 3 is 2.75 bits per heavy atom. The van der Waals surface area contributed by atoms with Gasteiger partial charge in [0.1, 0.15) is 0 Å². The molecule has 1 N–H and O–H groups in total. The summed E-state index contributed by atoms with van der Waals surface area (Å²) in [7, 11) is 0. The molecule has 0 amide bonds. The van der Waals surface area contributed by atoms with Crippen molar-refractivity contribution in [3.63, 3.8) is 0 Å². The van der Waals surface area contributed by atoms with Gasteiger partial charge in [-0.1, -0.05) is 25.1 Å². The van der Waals surface area contributed by atoms with Crippen molar-refractivity contribution in [3.8, 4) is 0 Å². The molecule has 3 heteroatoms. The minimum atomic E-state index is 0.245. The Balaban J connectivity index is 2.05. The molecule has 0 aliphatic heterocycles. The number of benzene rings is 1. The molecule has 0 aliphatic carbocycles. The summed E-state index contributed by atoms with van der Waals surface area (Å²) in [5.74, 6) is 0. The molecule has 3 aromatic rings. The van der Waals surface area contributed by atoms with Gasteiger partial charge in [0.25, 0.3) is 0 Å². The van der Waals surface area contributed by atoms with Crippen LogP contribution >= 0.6 is 11.3 Å². The Morgan fingerprint density at radius 1 is 1.15 bits per heavy atom. The predicted octanol–water partition coefficient (Wildman–Crippen LogP) is 4.39. The first-order valence-electron chi connectivity index (χ1n) is 6.99. The van der Waals surface area contributed by atoms with E-state index in [1.807, 2.05) is 23.7 Å². The molecule has 0 aliphatic rings. The summed E-state index contributed by atoms with van der Waals surface area (Å²) in [6, 6.07) is 13.1. The van der Waals surface area contributed by atoms with Gasteiger partial charge >= 0.3 is 0 Å². The normalized spacial score (nSPS) is 12.7. The number of aromatic nitrogens is 1. The van der Waals surface area contributed by atoms with Gasteiger partial charge in [0.2, 0.25) is 0 Å². The van der Waals surface area contributed by atoms with Crippen LogP contribution in [0.15, 0.2) is 54.2 Å². The van der Waals surface area contributed by atoms with Crippen molar-refractivity contribution in [3.05, 3.63) is 65.3 Å². The minimum absolute atomic E-state index is 0.245. The molecular weight excluding hydrogens is 264 g/mol.